The van der Waals surface area contributed by atoms with Gasteiger partial charge in [-0.2, -0.15) is 0 Å². The number of methoxy groups -OCH3 is 1. The van der Waals surface area contributed by atoms with Crippen LogP contribution in [0.2, 0.25) is 0 Å². The largest absolute Gasteiger partial charge is 0.497 e. The molecule has 0 radical (unpaired) electrons. The van der Waals surface area contributed by atoms with Crippen molar-refractivity contribution in [1.29, 1.82) is 0 Å². The summed E-state index contributed by atoms with van der Waals surface area (Å²) < 4.78 is 5.17. The van der Waals surface area contributed by atoms with Gasteiger partial charge in [-0.05, 0) is 43.0 Å². The molecule has 1 aromatic carbocycles. The summed E-state index contributed by atoms with van der Waals surface area (Å²) >= 11 is 1.51. The van der Waals surface area contributed by atoms with Gasteiger partial charge in [0.15, 0.2) is 0 Å². The Labute approximate surface area is 147 Å². The Balaban J connectivity index is 1.65. The second-order valence-electron chi connectivity index (χ2n) is 6.46. The standard InChI is InChI=1S/C19H24N2O2S/c1-21(12-14-6-4-3-5-7-14)19(22)17-13-24-18(20-17)15-8-10-16(23-2)11-9-15/h8-11,13-14H,3-7,12H2,1-2H3. The van der Waals surface area contributed by atoms with Crippen LogP contribution in [0.25, 0.3) is 10.6 Å². The second-order valence-corrected chi connectivity index (χ2v) is 7.31. The van der Waals surface area contributed by atoms with Crippen molar-refractivity contribution in [3.05, 3.63) is 35.3 Å². The zero-order valence-electron chi connectivity index (χ0n) is 14.3. The Morgan fingerprint density at radius 1 is 1.25 bits per heavy atom. The fourth-order valence-corrected chi connectivity index (χ4v) is 4.07. The van der Waals surface area contributed by atoms with Gasteiger partial charge in [0.2, 0.25) is 0 Å². The molecule has 128 valence electrons. The third kappa shape index (κ3) is 3.96. The average Bonchev–Trinajstić information content (AvgIpc) is 3.12. The highest BCUT2D eigenvalue weighted by atomic mass is 32.1. The average molecular weight is 344 g/mol. The van der Waals surface area contributed by atoms with Crippen LogP contribution in [-0.4, -0.2) is 36.5 Å². The first kappa shape index (κ1) is 17.0. The van der Waals surface area contributed by atoms with Crippen molar-refractivity contribution in [3.8, 4) is 16.3 Å². The van der Waals surface area contributed by atoms with Crippen molar-refractivity contribution < 1.29 is 9.53 Å². The summed E-state index contributed by atoms with van der Waals surface area (Å²) in [4.78, 5) is 19.0. The summed E-state index contributed by atoms with van der Waals surface area (Å²) in [6.07, 6.45) is 6.42. The molecule has 0 aliphatic heterocycles. The minimum atomic E-state index is 0.0246. The molecule has 0 bridgehead atoms. The van der Waals surface area contributed by atoms with Crippen LogP contribution in [0.5, 0.6) is 5.75 Å². The molecule has 4 nitrogen and oxygen atoms in total. The molecule has 1 aromatic heterocycles. The lowest BCUT2D eigenvalue weighted by atomic mass is 9.89. The molecule has 1 heterocycles. The quantitative estimate of drug-likeness (QED) is 0.803. The van der Waals surface area contributed by atoms with Crippen LogP contribution in [0, 0.1) is 5.92 Å². The number of hydrogen-bond acceptors (Lipinski definition) is 4. The smallest absolute Gasteiger partial charge is 0.273 e. The highest BCUT2D eigenvalue weighted by molar-refractivity contribution is 7.13. The first-order valence-corrected chi connectivity index (χ1v) is 9.41. The zero-order chi connectivity index (χ0) is 16.9. The van der Waals surface area contributed by atoms with E-state index in [2.05, 4.69) is 4.98 Å². The summed E-state index contributed by atoms with van der Waals surface area (Å²) in [5.74, 6) is 1.49. The normalized spacial score (nSPS) is 15.2. The molecule has 1 aliphatic rings. The Morgan fingerprint density at radius 2 is 1.96 bits per heavy atom. The number of carbonyl (C=O) groups is 1. The van der Waals surface area contributed by atoms with Gasteiger partial charge in [0, 0.05) is 24.5 Å². The highest BCUT2D eigenvalue weighted by Gasteiger charge is 2.21. The third-order valence-electron chi connectivity index (χ3n) is 4.66. The number of ether oxygens (including phenoxy) is 1. The van der Waals surface area contributed by atoms with Gasteiger partial charge < -0.3 is 9.64 Å². The number of rotatable bonds is 5. The van der Waals surface area contributed by atoms with Crippen LogP contribution in [0.3, 0.4) is 0 Å². The summed E-state index contributed by atoms with van der Waals surface area (Å²) in [6, 6.07) is 7.76. The summed E-state index contributed by atoms with van der Waals surface area (Å²) in [6.45, 7) is 0.841. The van der Waals surface area contributed by atoms with Gasteiger partial charge >= 0.3 is 0 Å². The van der Waals surface area contributed by atoms with Crippen LogP contribution in [0.1, 0.15) is 42.6 Å². The van der Waals surface area contributed by atoms with Gasteiger partial charge in [-0.25, -0.2) is 4.98 Å². The van der Waals surface area contributed by atoms with Crippen molar-refractivity contribution >= 4 is 17.2 Å². The van der Waals surface area contributed by atoms with Crippen molar-refractivity contribution in [1.82, 2.24) is 9.88 Å². The van der Waals surface area contributed by atoms with E-state index in [0.717, 1.165) is 22.9 Å². The number of hydrogen-bond donors (Lipinski definition) is 0. The summed E-state index contributed by atoms with van der Waals surface area (Å²) in [5, 5.41) is 2.73. The van der Waals surface area contributed by atoms with E-state index < -0.39 is 0 Å². The maximum absolute atomic E-state index is 12.6. The van der Waals surface area contributed by atoms with Crippen molar-refractivity contribution in [2.75, 3.05) is 20.7 Å². The molecular formula is C19H24N2O2S. The molecule has 2 aromatic rings. The molecule has 1 aliphatic carbocycles. The van der Waals surface area contributed by atoms with Crippen LogP contribution >= 0.6 is 11.3 Å². The number of carbonyl (C=O) groups excluding carboxylic acids is 1. The van der Waals surface area contributed by atoms with Gasteiger partial charge in [-0.1, -0.05) is 19.3 Å². The molecule has 1 fully saturated rings. The minimum Gasteiger partial charge on any atom is -0.497 e. The van der Waals surface area contributed by atoms with Gasteiger partial charge in [0.05, 0.1) is 7.11 Å². The van der Waals surface area contributed by atoms with Crippen LogP contribution in [-0.2, 0) is 0 Å². The Hall–Kier alpha value is -1.88. The van der Waals surface area contributed by atoms with Crippen LogP contribution < -0.4 is 4.74 Å². The van der Waals surface area contributed by atoms with Gasteiger partial charge in [0.1, 0.15) is 16.5 Å². The zero-order valence-corrected chi connectivity index (χ0v) is 15.1. The predicted octanol–water partition coefficient (Wildman–Crippen LogP) is 4.47. The molecule has 0 atom stereocenters. The van der Waals surface area contributed by atoms with Gasteiger partial charge in [-0.15, -0.1) is 11.3 Å². The molecule has 1 amide bonds. The highest BCUT2D eigenvalue weighted by Crippen LogP contribution is 2.27. The maximum atomic E-state index is 12.6. The van der Waals surface area contributed by atoms with Crippen molar-refractivity contribution in [2.45, 2.75) is 32.1 Å². The molecule has 5 heteroatoms. The molecule has 1 saturated carbocycles. The fourth-order valence-electron chi connectivity index (χ4n) is 3.27. The summed E-state index contributed by atoms with van der Waals surface area (Å²) in [5.41, 5.74) is 1.55. The number of nitrogens with zero attached hydrogens (tertiary/aromatic N) is 2. The number of aromatic nitrogens is 1. The van der Waals surface area contributed by atoms with Crippen LogP contribution in [0.15, 0.2) is 29.6 Å². The van der Waals surface area contributed by atoms with E-state index in [0.29, 0.717) is 11.6 Å². The van der Waals surface area contributed by atoms with E-state index >= 15 is 0 Å². The Bertz CT molecular complexity index is 675. The lowest BCUT2D eigenvalue weighted by Crippen LogP contribution is -2.32. The molecule has 24 heavy (non-hydrogen) atoms. The predicted molar refractivity (Wildman–Crippen MR) is 97.6 cm³/mol. The number of amides is 1. The van der Waals surface area contributed by atoms with E-state index in [1.807, 2.05) is 41.6 Å². The monoisotopic (exact) mass is 344 g/mol. The third-order valence-corrected chi connectivity index (χ3v) is 5.56. The van der Waals surface area contributed by atoms with Crippen molar-refractivity contribution in [2.24, 2.45) is 5.92 Å². The number of thiazole rings is 1. The lowest BCUT2D eigenvalue weighted by molar-refractivity contribution is 0.0755. The number of benzene rings is 1. The molecule has 3 rings (SSSR count). The Morgan fingerprint density at radius 3 is 2.62 bits per heavy atom. The van der Waals surface area contributed by atoms with Crippen LogP contribution in [0.4, 0.5) is 0 Å². The van der Waals surface area contributed by atoms with Crippen molar-refractivity contribution in [3.63, 3.8) is 0 Å². The summed E-state index contributed by atoms with van der Waals surface area (Å²) in [7, 11) is 3.54. The SMILES string of the molecule is COc1ccc(-c2nc(C(=O)N(C)CC3CCCCC3)cs2)cc1. The minimum absolute atomic E-state index is 0.0246. The van der Waals surface area contributed by atoms with Gasteiger partial charge in [-0.3, -0.25) is 4.79 Å². The van der Waals surface area contributed by atoms with E-state index in [1.165, 1.54) is 43.4 Å². The molecule has 0 saturated heterocycles. The molecule has 0 N–H and O–H groups in total. The maximum Gasteiger partial charge on any atom is 0.273 e. The molecule has 0 spiro atoms. The first-order chi connectivity index (χ1) is 11.7. The van der Waals surface area contributed by atoms with E-state index in [9.17, 15) is 4.79 Å². The second kappa shape index (κ2) is 7.79. The Kier molecular flexibility index (Phi) is 5.51. The van der Waals surface area contributed by atoms with Gasteiger partial charge in [0.25, 0.3) is 5.91 Å². The van der Waals surface area contributed by atoms with E-state index in [4.69, 9.17) is 4.74 Å². The lowest BCUT2D eigenvalue weighted by Gasteiger charge is -2.26. The fraction of sp³-hybridized carbons (Fsp3) is 0.474. The van der Waals surface area contributed by atoms with E-state index in [-0.39, 0.29) is 5.91 Å². The topological polar surface area (TPSA) is 42.4 Å². The van der Waals surface area contributed by atoms with E-state index in [1.54, 1.807) is 7.11 Å². The molecule has 0 unspecified atom stereocenters. The first-order valence-electron chi connectivity index (χ1n) is 8.53. The molecular weight excluding hydrogens is 320 g/mol.